The molecule has 1 atom stereocenters. The van der Waals surface area contributed by atoms with Gasteiger partial charge in [-0.1, -0.05) is 0 Å². The Hall–Kier alpha value is -0.570. The summed E-state index contributed by atoms with van der Waals surface area (Å²) in [5.74, 6) is 0.0193. The molecule has 0 spiro atoms. The van der Waals surface area contributed by atoms with E-state index in [-0.39, 0.29) is 18.6 Å². The van der Waals surface area contributed by atoms with Crippen molar-refractivity contribution in [1.82, 2.24) is 5.32 Å². The van der Waals surface area contributed by atoms with E-state index in [1.165, 1.54) is 0 Å². The van der Waals surface area contributed by atoms with Crippen LogP contribution < -0.4 is 5.32 Å². The number of rotatable bonds is 1. The van der Waals surface area contributed by atoms with Crippen molar-refractivity contribution in [2.45, 2.75) is 18.9 Å². The zero-order chi connectivity index (χ0) is 5.98. The molecule has 0 saturated carbocycles. The number of nitrogens with one attached hydrogen (secondary N) is 1. The molecule has 1 aliphatic heterocycles. The van der Waals surface area contributed by atoms with E-state index in [0.717, 1.165) is 6.42 Å². The summed E-state index contributed by atoms with van der Waals surface area (Å²) in [5.41, 5.74) is 0. The fourth-order valence-corrected chi connectivity index (χ4v) is 0.802. The zero-order valence-electron chi connectivity index (χ0n) is 4.52. The average molecular weight is 114 g/mol. The van der Waals surface area contributed by atoms with Crippen molar-refractivity contribution in [2.75, 3.05) is 6.61 Å². The second-order valence-electron chi connectivity index (χ2n) is 1.97. The van der Waals surface area contributed by atoms with Gasteiger partial charge in [0.25, 0.3) is 0 Å². The van der Waals surface area contributed by atoms with Gasteiger partial charge in [0.1, 0.15) is 6.61 Å². The maximum Gasteiger partial charge on any atom is 0.220 e. The van der Waals surface area contributed by atoms with Crippen LogP contribution in [0.15, 0.2) is 0 Å². The molecular weight excluding hydrogens is 106 g/mol. The molecule has 1 rings (SSSR count). The Morgan fingerprint density at radius 3 is 2.75 bits per heavy atom. The van der Waals surface area contributed by atoms with Crippen LogP contribution in [0.2, 0.25) is 0 Å². The lowest BCUT2D eigenvalue weighted by atomic mass is 10.2. The van der Waals surface area contributed by atoms with Gasteiger partial charge in [-0.25, -0.2) is 5.11 Å². The van der Waals surface area contributed by atoms with Gasteiger partial charge in [-0.05, 0) is 6.42 Å². The maximum absolute atomic E-state index is 10.4. The van der Waals surface area contributed by atoms with Crippen LogP contribution in [0.3, 0.4) is 0 Å². The molecule has 1 N–H and O–H groups in total. The third-order valence-electron chi connectivity index (χ3n) is 1.29. The zero-order valence-corrected chi connectivity index (χ0v) is 4.52. The van der Waals surface area contributed by atoms with Gasteiger partial charge in [-0.15, -0.1) is 0 Å². The van der Waals surface area contributed by atoms with Crippen LogP contribution in [0.25, 0.3) is 0 Å². The SMILES string of the molecule is [O]C[C@H]1CCC(=O)N1. The predicted molar refractivity (Wildman–Crippen MR) is 26.7 cm³/mol. The highest BCUT2D eigenvalue weighted by Gasteiger charge is 2.19. The molecule has 3 heteroatoms. The molecule has 1 saturated heterocycles. The average Bonchev–Trinajstić information content (AvgIpc) is 2.14. The van der Waals surface area contributed by atoms with Gasteiger partial charge in [0, 0.05) is 6.42 Å². The van der Waals surface area contributed by atoms with Gasteiger partial charge in [0.15, 0.2) is 0 Å². The van der Waals surface area contributed by atoms with E-state index in [1.54, 1.807) is 0 Å². The Kier molecular flexibility index (Phi) is 1.48. The molecule has 0 aromatic rings. The van der Waals surface area contributed by atoms with Gasteiger partial charge in [0.05, 0.1) is 6.04 Å². The minimum absolute atomic E-state index is 0.0193. The Labute approximate surface area is 47.7 Å². The number of carbonyl (C=O) groups excluding carboxylic acids is 1. The standard InChI is InChI=1S/C5H8NO2/c7-3-4-1-2-5(8)6-4/h4H,1-3H2,(H,6,8)/t4-/m1/s1. The van der Waals surface area contributed by atoms with Crippen molar-refractivity contribution in [3.05, 3.63) is 0 Å². The van der Waals surface area contributed by atoms with Crippen molar-refractivity contribution in [2.24, 2.45) is 0 Å². The minimum atomic E-state index is -0.175. The van der Waals surface area contributed by atoms with Crippen molar-refractivity contribution >= 4 is 5.91 Å². The Bertz CT molecular complexity index is 103. The summed E-state index contributed by atoms with van der Waals surface area (Å²) in [5, 5.41) is 12.6. The van der Waals surface area contributed by atoms with Gasteiger partial charge in [0.2, 0.25) is 5.91 Å². The monoisotopic (exact) mass is 114 g/mol. The summed E-state index contributed by atoms with van der Waals surface area (Å²) in [7, 11) is 0. The highest BCUT2D eigenvalue weighted by atomic mass is 16.3. The molecule has 1 aliphatic rings. The molecule has 0 bridgehead atoms. The molecule has 0 aromatic heterocycles. The lowest BCUT2D eigenvalue weighted by Gasteiger charge is -1.99. The van der Waals surface area contributed by atoms with Crippen LogP contribution in [-0.4, -0.2) is 18.6 Å². The highest BCUT2D eigenvalue weighted by molar-refractivity contribution is 5.78. The molecule has 0 aromatic carbocycles. The van der Waals surface area contributed by atoms with Crippen LogP contribution in [-0.2, 0) is 9.90 Å². The van der Waals surface area contributed by atoms with E-state index >= 15 is 0 Å². The van der Waals surface area contributed by atoms with E-state index in [9.17, 15) is 9.90 Å². The molecule has 3 nitrogen and oxygen atoms in total. The molecule has 1 fully saturated rings. The maximum atomic E-state index is 10.4. The predicted octanol–water partition coefficient (Wildman–Crippen LogP) is -0.304. The summed E-state index contributed by atoms with van der Waals surface area (Å²) in [4.78, 5) is 10.4. The van der Waals surface area contributed by atoms with E-state index in [2.05, 4.69) is 5.32 Å². The largest absolute Gasteiger partial charge is 0.351 e. The van der Waals surface area contributed by atoms with Crippen molar-refractivity contribution in [1.29, 1.82) is 0 Å². The highest BCUT2D eigenvalue weighted by Crippen LogP contribution is 2.04. The summed E-state index contributed by atoms with van der Waals surface area (Å²) >= 11 is 0. The third-order valence-corrected chi connectivity index (χ3v) is 1.29. The Balaban J connectivity index is 2.32. The number of hydrogen-bond acceptors (Lipinski definition) is 1. The fourth-order valence-electron chi connectivity index (χ4n) is 0.802. The van der Waals surface area contributed by atoms with Crippen LogP contribution in [0.4, 0.5) is 0 Å². The Morgan fingerprint density at radius 2 is 2.50 bits per heavy atom. The number of amides is 1. The molecule has 45 valence electrons. The van der Waals surface area contributed by atoms with Gasteiger partial charge >= 0.3 is 0 Å². The quantitative estimate of drug-likeness (QED) is 0.499. The normalized spacial score (nSPS) is 28.1. The smallest absolute Gasteiger partial charge is 0.220 e. The van der Waals surface area contributed by atoms with Gasteiger partial charge in [-0.3, -0.25) is 4.79 Å². The second kappa shape index (κ2) is 2.13. The number of carbonyl (C=O) groups is 1. The van der Waals surface area contributed by atoms with Crippen LogP contribution in [0.5, 0.6) is 0 Å². The second-order valence-corrected chi connectivity index (χ2v) is 1.97. The van der Waals surface area contributed by atoms with E-state index in [1.807, 2.05) is 0 Å². The number of hydrogen-bond donors (Lipinski definition) is 1. The first-order chi connectivity index (χ1) is 3.83. The van der Waals surface area contributed by atoms with Gasteiger partial charge in [-0.2, -0.15) is 0 Å². The molecule has 0 unspecified atom stereocenters. The molecule has 1 amide bonds. The lowest BCUT2D eigenvalue weighted by molar-refractivity contribution is -0.119. The summed E-state index contributed by atoms with van der Waals surface area (Å²) in [6.45, 7) is -0.175. The first-order valence-electron chi connectivity index (χ1n) is 2.70. The van der Waals surface area contributed by atoms with Crippen molar-refractivity contribution in [3.63, 3.8) is 0 Å². The van der Waals surface area contributed by atoms with Crippen molar-refractivity contribution < 1.29 is 9.90 Å². The van der Waals surface area contributed by atoms with Crippen LogP contribution in [0.1, 0.15) is 12.8 Å². The van der Waals surface area contributed by atoms with E-state index < -0.39 is 0 Å². The van der Waals surface area contributed by atoms with E-state index in [4.69, 9.17) is 0 Å². The lowest BCUT2D eigenvalue weighted by Crippen LogP contribution is -2.27. The summed E-state index contributed by atoms with van der Waals surface area (Å²) in [6, 6.07) is -0.0810. The summed E-state index contributed by atoms with van der Waals surface area (Å²) in [6.07, 6.45) is 1.26. The fraction of sp³-hybridized carbons (Fsp3) is 0.800. The molecular formula is C5H8NO2. The van der Waals surface area contributed by atoms with Crippen LogP contribution in [0, 0.1) is 0 Å². The van der Waals surface area contributed by atoms with Gasteiger partial charge < -0.3 is 5.32 Å². The molecule has 1 heterocycles. The molecule has 8 heavy (non-hydrogen) atoms. The topological polar surface area (TPSA) is 49.0 Å². The minimum Gasteiger partial charge on any atom is -0.351 e. The van der Waals surface area contributed by atoms with Crippen molar-refractivity contribution in [3.8, 4) is 0 Å². The van der Waals surface area contributed by atoms with Crippen LogP contribution >= 0.6 is 0 Å². The first kappa shape index (κ1) is 5.56. The Morgan fingerprint density at radius 1 is 1.75 bits per heavy atom. The third kappa shape index (κ3) is 0.980. The molecule has 1 radical (unpaired) electrons. The van der Waals surface area contributed by atoms with E-state index in [0.29, 0.717) is 6.42 Å². The first-order valence-corrected chi connectivity index (χ1v) is 2.70. The summed E-state index contributed by atoms with van der Waals surface area (Å²) < 4.78 is 0. The molecule has 0 aliphatic carbocycles.